The van der Waals surface area contributed by atoms with Gasteiger partial charge in [0.25, 0.3) is 5.69 Å². The molecule has 0 aromatic heterocycles. The van der Waals surface area contributed by atoms with Gasteiger partial charge < -0.3 is 10.2 Å². The Bertz CT molecular complexity index is 968. The molecule has 0 radical (unpaired) electrons. The second kappa shape index (κ2) is 8.89. The first-order valence-electron chi connectivity index (χ1n) is 9.52. The second-order valence-corrected chi connectivity index (χ2v) is 9.39. The Morgan fingerprint density at radius 3 is 2.28 bits per heavy atom. The zero-order chi connectivity index (χ0) is 21.0. The zero-order valence-electron chi connectivity index (χ0n) is 16.7. The fourth-order valence-electron chi connectivity index (χ4n) is 3.37. The largest absolute Gasteiger partial charge is 0.375 e. The third-order valence-electron chi connectivity index (χ3n) is 4.87. The molecule has 1 fully saturated rings. The van der Waals surface area contributed by atoms with Crippen LogP contribution < -0.4 is 5.32 Å². The van der Waals surface area contributed by atoms with Crippen LogP contribution in [0.3, 0.4) is 0 Å². The normalized spacial score (nSPS) is 15.0. The molecule has 1 heterocycles. The highest BCUT2D eigenvalue weighted by Crippen LogP contribution is 2.30. The number of hydrogen-bond donors (Lipinski definition) is 1. The van der Waals surface area contributed by atoms with Crippen LogP contribution >= 0.6 is 0 Å². The molecule has 9 heteroatoms. The fraction of sp³-hybridized carbons (Fsp3) is 0.400. The maximum Gasteiger partial charge on any atom is 0.293 e. The van der Waals surface area contributed by atoms with Crippen molar-refractivity contribution in [3.05, 3.63) is 63.7 Å². The van der Waals surface area contributed by atoms with E-state index in [2.05, 4.69) is 10.2 Å². The molecule has 0 aliphatic carbocycles. The molecule has 156 valence electrons. The summed E-state index contributed by atoms with van der Waals surface area (Å²) in [6.07, 6.45) is 1.63. The monoisotopic (exact) mass is 418 g/mol. The van der Waals surface area contributed by atoms with Crippen LogP contribution in [0.1, 0.15) is 24.0 Å². The van der Waals surface area contributed by atoms with Crippen molar-refractivity contribution in [2.24, 2.45) is 0 Å². The SMILES string of the molecule is CN(C)Cc1ccc(CNc2ccc(S(=O)(=O)N3CCCC3)cc2[N+](=O)[O-])cc1. The van der Waals surface area contributed by atoms with Crippen molar-refractivity contribution < 1.29 is 13.3 Å². The lowest BCUT2D eigenvalue weighted by molar-refractivity contribution is -0.384. The molecule has 0 atom stereocenters. The zero-order valence-corrected chi connectivity index (χ0v) is 17.5. The average molecular weight is 419 g/mol. The number of nitrogens with zero attached hydrogens (tertiary/aromatic N) is 3. The average Bonchev–Trinajstić information content (AvgIpc) is 3.22. The first-order valence-corrected chi connectivity index (χ1v) is 11.0. The van der Waals surface area contributed by atoms with Gasteiger partial charge in [0.15, 0.2) is 0 Å². The van der Waals surface area contributed by atoms with Crippen LogP contribution in [0.4, 0.5) is 11.4 Å². The van der Waals surface area contributed by atoms with E-state index in [0.717, 1.165) is 31.0 Å². The second-order valence-electron chi connectivity index (χ2n) is 7.46. The molecule has 0 amide bonds. The molecule has 0 spiro atoms. The van der Waals surface area contributed by atoms with Crippen LogP contribution in [-0.2, 0) is 23.1 Å². The maximum atomic E-state index is 12.7. The highest BCUT2D eigenvalue weighted by molar-refractivity contribution is 7.89. The molecule has 3 rings (SSSR count). The molecule has 8 nitrogen and oxygen atoms in total. The number of nitrogens with one attached hydrogen (secondary N) is 1. The molecule has 0 bridgehead atoms. The van der Waals surface area contributed by atoms with E-state index in [0.29, 0.717) is 25.3 Å². The Balaban J connectivity index is 1.76. The third kappa shape index (κ3) is 5.11. The molecular formula is C20H26N4O4S. The van der Waals surface area contributed by atoms with Gasteiger partial charge in [0.1, 0.15) is 5.69 Å². The van der Waals surface area contributed by atoms with Crippen LogP contribution in [0, 0.1) is 10.1 Å². The Morgan fingerprint density at radius 2 is 1.69 bits per heavy atom. The van der Waals surface area contributed by atoms with Crippen LogP contribution in [0.15, 0.2) is 47.4 Å². The summed E-state index contributed by atoms with van der Waals surface area (Å²) < 4.78 is 26.8. The Morgan fingerprint density at radius 1 is 1.07 bits per heavy atom. The summed E-state index contributed by atoms with van der Waals surface area (Å²) in [5.41, 5.74) is 2.22. The van der Waals surface area contributed by atoms with Crippen LogP contribution in [0.5, 0.6) is 0 Å². The summed E-state index contributed by atoms with van der Waals surface area (Å²) in [6, 6.07) is 12.1. The van der Waals surface area contributed by atoms with Gasteiger partial charge in [0.05, 0.1) is 9.82 Å². The highest BCUT2D eigenvalue weighted by atomic mass is 32.2. The van der Waals surface area contributed by atoms with Crippen molar-refractivity contribution in [1.82, 2.24) is 9.21 Å². The molecule has 1 saturated heterocycles. The smallest absolute Gasteiger partial charge is 0.293 e. The molecule has 2 aromatic carbocycles. The summed E-state index contributed by atoms with van der Waals surface area (Å²) in [4.78, 5) is 13.0. The quantitative estimate of drug-likeness (QED) is 0.523. The first kappa shape index (κ1) is 21.2. The van der Waals surface area contributed by atoms with Crippen molar-refractivity contribution in [3.63, 3.8) is 0 Å². The number of rotatable bonds is 8. The lowest BCUT2D eigenvalue weighted by Gasteiger charge is -2.16. The van der Waals surface area contributed by atoms with E-state index >= 15 is 0 Å². The van der Waals surface area contributed by atoms with Gasteiger partial charge >= 0.3 is 0 Å². The van der Waals surface area contributed by atoms with Crippen molar-refractivity contribution in [3.8, 4) is 0 Å². The molecule has 0 unspecified atom stereocenters. The Hall–Kier alpha value is -2.49. The van der Waals surface area contributed by atoms with Crippen LogP contribution in [-0.4, -0.2) is 49.7 Å². The summed E-state index contributed by atoms with van der Waals surface area (Å²) in [5, 5.41) is 14.6. The van der Waals surface area contributed by atoms with E-state index in [1.54, 1.807) is 0 Å². The number of nitro benzene ring substituents is 1. The van der Waals surface area contributed by atoms with Gasteiger partial charge in [-0.05, 0) is 50.2 Å². The van der Waals surface area contributed by atoms with Gasteiger partial charge in [-0.15, -0.1) is 0 Å². The first-order chi connectivity index (χ1) is 13.8. The standard InChI is InChI=1S/C20H26N4O4S/c1-22(2)15-17-7-5-16(6-8-17)14-21-19-10-9-18(13-20(19)24(25)26)29(27,28)23-11-3-4-12-23/h5-10,13,21H,3-4,11-12,14-15H2,1-2H3. The van der Waals surface area contributed by atoms with Gasteiger partial charge in [-0.3, -0.25) is 10.1 Å². The predicted molar refractivity (Wildman–Crippen MR) is 112 cm³/mol. The van der Waals surface area contributed by atoms with Gasteiger partial charge in [0.2, 0.25) is 10.0 Å². The molecule has 1 aliphatic heterocycles. The molecule has 1 aliphatic rings. The van der Waals surface area contributed by atoms with Gasteiger partial charge in [-0.1, -0.05) is 24.3 Å². The van der Waals surface area contributed by atoms with Crippen molar-refractivity contribution in [1.29, 1.82) is 0 Å². The van der Waals surface area contributed by atoms with E-state index in [1.807, 2.05) is 38.4 Å². The van der Waals surface area contributed by atoms with Crippen molar-refractivity contribution in [2.75, 3.05) is 32.5 Å². The fourth-order valence-corrected chi connectivity index (χ4v) is 4.91. The van der Waals surface area contributed by atoms with Crippen LogP contribution in [0.25, 0.3) is 0 Å². The Kier molecular flexibility index (Phi) is 6.51. The topological polar surface area (TPSA) is 95.8 Å². The van der Waals surface area contributed by atoms with Crippen molar-refractivity contribution in [2.45, 2.75) is 30.8 Å². The molecule has 1 N–H and O–H groups in total. The third-order valence-corrected chi connectivity index (χ3v) is 6.77. The van der Waals surface area contributed by atoms with E-state index < -0.39 is 14.9 Å². The minimum Gasteiger partial charge on any atom is -0.375 e. The summed E-state index contributed by atoms with van der Waals surface area (Å²) >= 11 is 0. The molecule has 0 saturated carbocycles. The lowest BCUT2D eigenvalue weighted by Crippen LogP contribution is -2.27. The Labute approximate surface area is 171 Å². The number of anilines is 1. The number of benzene rings is 2. The number of hydrogen-bond acceptors (Lipinski definition) is 6. The summed E-state index contributed by atoms with van der Waals surface area (Å²) in [7, 11) is 0.308. The maximum absolute atomic E-state index is 12.7. The highest BCUT2D eigenvalue weighted by Gasteiger charge is 2.29. The number of sulfonamides is 1. The van der Waals surface area contributed by atoms with Gasteiger partial charge in [-0.25, -0.2) is 8.42 Å². The van der Waals surface area contributed by atoms with E-state index in [1.165, 1.54) is 22.0 Å². The van der Waals surface area contributed by atoms with Crippen molar-refractivity contribution >= 4 is 21.4 Å². The summed E-state index contributed by atoms with van der Waals surface area (Å²) in [5.74, 6) is 0. The van der Waals surface area contributed by atoms with E-state index in [9.17, 15) is 18.5 Å². The molecule has 2 aromatic rings. The van der Waals surface area contributed by atoms with E-state index in [4.69, 9.17) is 0 Å². The van der Waals surface area contributed by atoms with Gasteiger partial charge in [0, 0.05) is 32.2 Å². The predicted octanol–water partition coefficient (Wildman–Crippen LogP) is 3.05. The minimum absolute atomic E-state index is 0.0373. The number of nitro groups is 1. The minimum atomic E-state index is -3.70. The lowest BCUT2D eigenvalue weighted by atomic mass is 10.1. The molecular weight excluding hydrogens is 392 g/mol. The van der Waals surface area contributed by atoms with Gasteiger partial charge in [-0.2, -0.15) is 4.31 Å². The van der Waals surface area contributed by atoms with Crippen LogP contribution in [0.2, 0.25) is 0 Å². The summed E-state index contributed by atoms with van der Waals surface area (Å²) in [6.45, 7) is 2.16. The van der Waals surface area contributed by atoms with E-state index in [-0.39, 0.29) is 10.6 Å². The molecule has 29 heavy (non-hydrogen) atoms.